The molecule has 4 rings (SSSR count). The number of benzene rings is 1. The summed E-state index contributed by atoms with van der Waals surface area (Å²) in [4.78, 5) is 18.7. The predicted octanol–water partition coefficient (Wildman–Crippen LogP) is 1.90. The molecule has 1 saturated heterocycles. The molecule has 7 nitrogen and oxygen atoms in total. The van der Waals surface area contributed by atoms with E-state index in [-0.39, 0.29) is 36.1 Å². The number of alkyl halides is 3. The molecule has 1 amide bonds. The molecule has 0 saturated carbocycles. The highest BCUT2D eigenvalue weighted by Gasteiger charge is 2.36. The standard InChI is InChI=1S/C17H13F3N4O3S/c18-17(19,20)14-9-11(5-6-21-14)24-8-7-23(10-15(24)25)16-12-3-1-2-4-13(12)28(26,27)22-16/h1-6,9H,7-8,10H2. The number of hydrogen-bond donors (Lipinski definition) is 0. The van der Waals surface area contributed by atoms with E-state index in [1.807, 2.05) is 0 Å². The molecular weight excluding hydrogens is 397 g/mol. The number of carbonyl (C=O) groups excluding carboxylic acids is 1. The van der Waals surface area contributed by atoms with Crippen LogP contribution in [0.3, 0.4) is 0 Å². The number of amides is 1. The number of carbonyl (C=O) groups is 1. The Bertz CT molecular complexity index is 1100. The van der Waals surface area contributed by atoms with Crippen molar-refractivity contribution in [3.05, 3.63) is 53.9 Å². The van der Waals surface area contributed by atoms with E-state index in [4.69, 9.17) is 0 Å². The van der Waals surface area contributed by atoms with E-state index >= 15 is 0 Å². The van der Waals surface area contributed by atoms with Crippen molar-refractivity contribution in [2.24, 2.45) is 4.40 Å². The second kappa shape index (κ2) is 6.30. The quantitative estimate of drug-likeness (QED) is 0.717. The minimum Gasteiger partial charge on any atom is -0.344 e. The predicted molar refractivity (Wildman–Crippen MR) is 93.3 cm³/mol. The SMILES string of the molecule is O=C1CN(C2=NS(=O)(=O)c3ccccc32)CCN1c1ccnc(C(F)(F)F)c1. The largest absolute Gasteiger partial charge is 0.433 e. The van der Waals surface area contributed by atoms with Gasteiger partial charge in [0.25, 0.3) is 10.0 Å². The third-order valence-electron chi connectivity index (χ3n) is 4.48. The number of nitrogens with zero attached hydrogens (tertiary/aromatic N) is 4. The number of amidine groups is 1. The van der Waals surface area contributed by atoms with Crippen molar-refractivity contribution in [2.45, 2.75) is 11.1 Å². The third-order valence-corrected chi connectivity index (χ3v) is 5.80. The van der Waals surface area contributed by atoms with E-state index in [0.29, 0.717) is 5.56 Å². The maximum absolute atomic E-state index is 12.9. The van der Waals surface area contributed by atoms with Gasteiger partial charge in [-0.15, -0.1) is 4.40 Å². The van der Waals surface area contributed by atoms with E-state index < -0.39 is 27.8 Å². The summed E-state index contributed by atoms with van der Waals surface area (Å²) >= 11 is 0. The van der Waals surface area contributed by atoms with Crippen LogP contribution in [0.4, 0.5) is 18.9 Å². The molecule has 1 aromatic carbocycles. The molecule has 11 heteroatoms. The molecule has 0 spiro atoms. The normalized spacial score (nSPS) is 18.8. The molecular formula is C17H13F3N4O3S. The lowest BCUT2D eigenvalue weighted by Crippen LogP contribution is -2.52. The van der Waals surface area contributed by atoms with Crippen LogP contribution in [0.15, 0.2) is 51.9 Å². The number of halogens is 3. The lowest BCUT2D eigenvalue weighted by Gasteiger charge is -2.35. The number of hydrogen-bond acceptors (Lipinski definition) is 5. The van der Waals surface area contributed by atoms with Gasteiger partial charge in [0.05, 0.1) is 6.54 Å². The van der Waals surface area contributed by atoms with Crippen molar-refractivity contribution in [2.75, 3.05) is 24.5 Å². The van der Waals surface area contributed by atoms with Gasteiger partial charge in [-0.3, -0.25) is 9.78 Å². The van der Waals surface area contributed by atoms with Gasteiger partial charge in [0.1, 0.15) is 10.6 Å². The highest BCUT2D eigenvalue weighted by molar-refractivity contribution is 7.90. The Balaban J connectivity index is 1.59. The Kier molecular flexibility index (Phi) is 4.14. The first kappa shape index (κ1) is 18.4. The maximum atomic E-state index is 12.9. The molecule has 146 valence electrons. The lowest BCUT2D eigenvalue weighted by molar-refractivity contribution is -0.141. The average molecular weight is 410 g/mol. The van der Waals surface area contributed by atoms with Crippen molar-refractivity contribution in [3.63, 3.8) is 0 Å². The molecule has 0 unspecified atom stereocenters. The number of anilines is 1. The van der Waals surface area contributed by atoms with Crippen LogP contribution in [-0.4, -0.2) is 49.7 Å². The number of piperazine rings is 1. The molecule has 2 aliphatic rings. The van der Waals surface area contributed by atoms with Crippen LogP contribution in [0.2, 0.25) is 0 Å². The zero-order chi connectivity index (χ0) is 20.1. The van der Waals surface area contributed by atoms with Gasteiger partial charge in [-0.2, -0.15) is 21.6 Å². The van der Waals surface area contributed by atoms with Gasteiger partial charge in [-0.1, -0.05) is 12.1 Å². The first-order valence-corrected chi connectivity index (χ1v) is 9.64. The Morgan fingerprint density at radius 3 is 2.54 bits per heavy atom. The topological polar surface area (TPSA) is 82.9 Å². The molecule has 28 heavy (non-hydrogen) atoms. The summed E-state index contributed by atoms with van der Waals surface area (Å²) in [7, 11) is -3.82. The Morgan fingerprint density at radius 2 is 1.82 bits per heavy atom. The van der Waals surface area contributed by atoms with Crippen molar-refractivity contribution < 1.29 is 26.4 Å². The van der Waals surface area contributed by atoms with Crippen molar-refractivity contribution >= 4 is 27.5 Å². The van der Waals surface area contributed by atoms with Gasteiger partial charge < -0.3 is 9.80 Å². The average Bonchev–Trinajstić information content (AvgIpc) is 2.93. The van der Waals surface area contributed by atoms with Crippen LogP contribution in [0.5, 0.6) is 0 Å². The molecule has 1 aromatic heterocycles. The van der Waals surface area contributed by atoms with Crippen LogP contribution in [0.1, 0.15) is 11.3 Å². The summed E-state index contributed by atoms with van der Waals surface area (Å²) in [6.07, 6.45) is -3.61. The van der Waals surface area contributed by atoms with Crippen molar-refractivity contribution in [3.8, 4) is 0 Å². The van der Waals surface area contributed by atoms with E-state index in [1.165, 1.54) is 21.9 Å². The molecule has 3 heterocycles. The fraction of sp³-hybridized carbons (Fsp3) is 0.235. The minimum absolute atomic E-state index is 0.0730. The molecule has 2 aromatic rings. The van der Waals surface area contributed by atoms with Crippen molar-refractivity contribution in [1.29, 1.82) is 0 Å². The molecule has 0 bridgehead atoms. The van der Waals surface area contributed by atoms with Crippen LogP contribution in [0, 0.1) is 0 Å². The number of pyridine rings is 1. The van der Waals surface area contributed by atoms with Gasteiger partial charge in [0.2, 0.25) is 5.91 Å². The zero-order valence-electron chi connectivity index (χ0n) is 14.2. The Morgan fingerprint density at radius 1 is 1.07 bits per heavy atom. The summed E-state index contributed by atoms with van der Waals surface area (Å²) in [5, 5.41) is 0. The van der Waals surface area contributed by atoms with Crippen molar-refractivity contribution in [1.82, 2.24) is 9.88 Å². The zero-order valence-corrected chi connectivity index (χ0v) is 15.0. The van der Waals surface area contributed by atoms with Crippen LogP contribution in [-0.2, 0) is 21.0 Å². The molecule has 1 fully saturated rings. The minimum atomic E-state index is -4.61. The highest BCUT2D eigenvalue weighted by Crippen LogP contribution is 2.31. The van der Waals surface area contributed by atoms with E-state index in [9.17, 15) is 26.4 Å². The number of rotatable bonds is 1. The third kappa shape index (κ3) is 3.11. The van der Waals surface area contributed by atoms with Crippen LogP contribution >= 0.6 is 0 Å². The van der Waals surface area contributed by atoms with E-state index in [1.54, 1.807) is 18.2 Å². The number of sulfonamides is 1. The molecule has 0 atom stereocenters. The molecule has 0 aliphatic carbocycles. The Hall–Kier alpha value is -2.95. The monoisotopic (exact) mass is 410 g/mol. The smallest absolute Gasteiger partial charge is 0.344 e. The van der Waals surface area contributed by atoms with Gasteiger partial charge in [0, 0.05) is 30.5 Å². The number of aromatic nitrogens is 1. The maximum Gasteiger partial charge on any atom is 0.433 e. The van der Waals surface area contributed by atoms with E-state index in [2.05, 4.69) is 9.38 Å². The first-order chi connectivity index (χ1) is 13.2. The molecule has 0 N–H and O–H groups in total. The molecule has 0 radical (unpaired) electrons. The summed E-state index contributed by atoms with van der Waals surface area (Å²) in [5.41, 5.74) is -0.583. The first-order valence-electron chi connectivity index (χ1n) is 8.20. The van der Waals surface area contributed by atoms with Gasteiger partial charge in [-0.05, 0) is 24.3 Å². The fourth-order valence-corrected chi connectivity index (χ4v) is 4.41. The van der Waals surface area contributed by atoms with Crippen LogP contribution < -0.4 is 4.90 Å². The Labute approximate surface area is 158 Å². The summed E-state index contributed by atoms with van der Waals surface area (Å²) in [6, 6.07) is 8.45. The second-order valence-corrected chi connectivity index (χ2v) is 7.82. The van der Waals surface area contributed by atoms with Gasteiger partial charge >= 0.3 is 6.18 Å². The lowest BCUT2D eigenvalue weighted by atomic mass is 10.1. The van der Waals surface area contributed by atoms with Gasteiger partial charge in [0.15, 0.2) is 5.84 Å². The molecule has 2 aliphatic heterocycles. The van der Waals surface area contributed by atoms with Gasteiger partial charge in [-0.25, -0.2) is 0 Å². The fourth-order valence-electron chi connectivity index (χ4n) is 3.19. The number of fused-ring (bicyclic) bond motifs is 1. The highest BCUT2D eigenvalue weighted by atomic mass is 32.2. The van der Waals surface area contributed by atoms with E-state index in [0.717, 1.165) is 12.3 Å². The second-order valence-electron chi connectivity index (χ2n) is 6.25. The summed E-state index contributed by atoms with van der Waals surface area (Å²) < 4.78 is 66.7. The summed E-state index contributed by atoms with van der Waals surface area (Å²) in [6.45, 7) is 0.103. The summed E-state index contributed by atoms with van der Waals surface area (Å²) in [5.74, 6) is -0.288. The van der Waals surface area contributed by atoms with Crippen LogP contribution in [0.25, 0.3) is 0 Å².